The van der Waals surface area contributed by atoms with E-state index in [0.29, 0.717) is 18.3 Å². The van der Waals surface area contributed by atoms with Crippen LogP contribution in [0.4, 0.5) is 0 Å². The fourth-order valence-electron chi connectivity index (χ4n) is 2.74. The predicted molar refractivity (Wildman–Crippen MR) is 86.4 cm³/mol. The molecule has 5 heteroatoms. The number of hydrogen-bond donors (Lipinski definition) is 2. The summed E-state index contributed by atoms with van der Waals surface area (Å²) >= 11 is 0. The summed E-state index contributed by atoms with van der Waals surface area (Å²) in [4.78, 5) is 30.9. The third-order valence-corrected chi connectivity index (χ3v) is 4.44. The Kier molecular flexibility index (Phi) is 3.48. The minimum absolute atomic E-state index is 0.199. The highest BCUT2D eigenvalue weighted by Gasteiger charge is 2.27. The minimum atomic E-state index is -0.302. The zero-order valence-corrected chi connectivity index (χ0v) is 12.8. The van der Waals surface area contributed by atoms with Gasteiger partial charge in [-0.1, -0.05) is 24.3 Å². The van der Waals surface area contributed by atoms with Crippen molar-refractivity contribution < 1.29 is 4.79 Å². The van der Waals surface area contributed by atoms with E-state index >= 15 is 0 Å². The first kappa shape index (κ1) is 14.2. The van der Waals surface area contributed by atoms with Crippen molar-refractivity contribution in [3.05, 3.63) is 63.3 Å². The molecule has 1 aromatic carbocycles. The van der Waals surface area contributed by atoms with E-state index in [1.807, 2.05) is 0 Å². The van der Waals surface area contributed by atoms with Crippen molar-refractivity contribution in [2.75, 3.05) is 0 Å². The van der Waals surface area contributed by atoms with Crippen molar-refractivity contribution in [2.24, 2.45) is 0 Å². The number of carbonyl (C=O) groups excluding carboxylic acids is 1. The van der Waals surface area contributed by atoms with Gasteiger partial charge in [0.15, 0.2) is 0 Å². The molecule has 2 aliphatic rings. The lowest BCUT2D eigenvalue weighted by atomic mass is 10.1. The van der Waals surface area contributed by atoms with Gasteiger partial charge >= 0.3 is 0 Å². The van der Waals surface area contributed by atoms with Gasteiger partial charge in [0.05, 0.1) is 0 Å². The van der Waals surface area contributed by atoms with Crippen LogP contribution in [-0.4, -0.2) is 15.9 Å². The Bertz CT molecular complexity index is 787. The van der Waals surface area contributed by atoms with E-state index in [9.17, 15) is 9.59 Å². The Balaban J connectivity index is 1.42. The summed E-state index contributed by atoms with van der Waals surface area (Å²) in [5.41, 5.74) is 2.37. The van der Waals surface area contributed by atoms with Gasteiger partial charge in [-0.25, -0.2) is 4.98 Å². The number of hydrogen-bond acceptors (Lipinski definition) is 3. The van der Waals surface area contributed by atoms with Crippen molar-refractivity contribution in [2.45, 2.75) is 44.1 Å². The van der Waals surface area contributed by atoms with Crippen molar-refractivity contribution in [3.8, 4) is 0 Å². The summed E-state index contributed by atoms with van der Waals surface area (Å²) in [5.74, 6) is 1.38. The Labute approximate surface area is 134 Å². The van der Waals surface area contributed by atoms with E-state index in [0.717, 1.165) is 24.3 Å². The maximum absolute atomic E-state index is 12.2. The second-order valence-electron chi connectivity index (χ2n) is 6.49. The number of rotatable bonds is 5. The Hall–Kier alpha value is -2.43. The molecule has 1 amide bonds. The van der Waals surface area contributed by atoms with Crippen LogP contribution >= 0.6 is 0 Å². The molecule has 2 saturated carbocycles. The van der Waals surface area contributed by atoms with Gasteiger partial charge in [-0.15, -0.1) is 0 Å². The summed E-state index contributed by atoms with van der Waals surface area (Å²) < 4.78 is 0. The van der Waals surface area contributed by atoms with Crippen LogP contribution in [0.3, 0.4) is 0 Å². The molecule has 0 radical (unpaired) electrons. The molecule has 1 heterocycles. The fraction of sp³-hybridized carbons (Fsp3) is 0.389. The van der Waals surface area contributed by atoms with Gasteiger partial charge < -0.3 is 10.3 Å². The van der Waals surface area contributed by atoms with Gasteiger partial charge in [0.1, 0.15) is 11.5 Å². The van der Waals surface area contributed by atoms with E-state index in [2.05, 4.69) is 39.6 Å². The average Bonchev–Trinajstić information content (AvgIpc) is 3.44. The summed E-state index contributed by atoms with van der Waals surface area (Å²) in [5, 5.41) is 2.84. The molecule has 0 atom stereocenters. The monoisotopic (exact) mass is 309 g/mol. The van der Waals surface area contributed by atoms with Crippen molar-refractivity contribution in [1.82, 2.24) is 15.3 Å². The number of benzene rings is 1. The maximum atomic E-state index is 12.2. The third-order valence-electron chi connectivity index (χ3n) is 4.44. The zero-order valence-electron chi connectivity index (χ0n) is 12.8. The molecule has 23 heavy (non-hydrogen) atoms. The quantitative estimate of drug-likeness (QED) is 0.891. The lowest BCUT2D eigenvalue weighted by Crippen LogP contribution is -2.26. The van der Waals surface area contributed by atoms with Crippen LogP contribution in [0, 0.1) is 0 Å². The van der Waals surface area contributed by atoms with Gasteiger partial charge in [0.25, 0.3) is 11.5 Å². The lowest BCUT2D eigenvalue weighted by Gasteiger charge is -2.07. The second-order valence-corrected chi connectivity index (χ2v) is 6.49. The molecule has 2 fully saturated rings. The zero-order chi connectivity index (χ0) is 15.8. The SMILES string of the molecule is O=C(NCc1ccc(C2CC2)cc1)c1cc(=O)[nH]c(C2CC2)n1. The average molecular weight is 309 g/mol. The van der Waals surface area contributed by atoms with Crippen molar-refractivity contribution in [1.29, 1.82) is 0 Å². The van der Waals surface area contributed by atoms with Crippen LogP contribution in [0.2, 0.25) is 0 Å². The Morgan fingerprint density at radius 2 is 1.83 bits per heavy atom. The van der Waals surface area contributed by atoms with Crippen LogP contribution in [0.15, 0.2) is 35.1 Å². The number of aromatic nitrogens is 2. The molecule has 0 aliphatic heterocycles. The van der Waals surface area contributed by atoms with Crippen LogP contribution in [0.1, 0.15) is 65.0 Å². The first-order valence-corrected chi connectivity index (χ1v) is 8.17. The minimum Gasteiger partial charge on any atom is -0.347 e. The topological polar surface area (TPSA) is 74.8 Å². The molecule has 2 aromatic rings. The van der Waals surface area contributed by atoms with E-state index in [1.165, 1.54) is 24.5 Å². The molecular formula is C18H19N3O2. The van der Waals surface area contributed by atoms with Crippen LogP contribution in [-0.2, 0) is 6.54 Å². The van der Waals surface area contributed by atoms with Gasteiger partial charge in [-0.05, 0) is 42.7 Å². The number of H-pyrrole nitrogens is 1. The van der Waals surface area contributed by atoms with E-state index in [-0.39, 0.29) is 17.2 Å². The molecule has 4 rings (SSSR count). The normalized spacial score (nSPS) is 17.0. The smallest absolute Gasteiger partial charge is 0.270 e. The molecule has 1 aromatic heterocycles. The summed E-state index contributed by atoms with van der Waals surface area (Å²) in [6, 6.07) is 9.63. The van der Waals surface area contributed by atoms with Crippen LogP contribution in [0.5, 0.6) is 0 Å². The highest BCUT2D eigenvalue weighted by atomic mass is 16.2. The Morgan fingerprint density at radius 1 is 1.13 bits per heavy atom. The lowest BCUT2D eigenvalue weighted by molar-refractivity contribution is 0.0945. The first-order chi connectivity index (χ1) is 11.2. The van der Waals surface area contributed by atoms with Gasteiger partial charge in [-0.2, -0.15) is 0 Å². The van der Waals surface area contributed by atoms with Crippen molar-refractivity contribution in [3.63, 3.8) is 0 Å². The van der Waals surface area contributed by atoms with Gasteiger partial charge in [0.2, 0.25) is 0 Å². The number of nitrogens with one attached hydrogen (secondary N) is 2. The van der Waals surface area contributed by atoms with Gasteiger partial charge in [-0.3, -0.25) is 9.59 Å². The van der Waals surface area contributed by atoms with Crippen molar-refractivity contribution >= 4 is 5.91 Å². The summed E-state index contributed by atoms with van der Waals surface area (Å²) in [6.45, 7) is 0.441. The fourth-order valence-corrected chi connectivity index (χ4v) is 2.74. The standard InChI is InChI=1S/C18H19N3O2/c22-16-9-15(20-17(21-16)14-7-8-14)18(23)19-10-11-1-3-12(4-2-11)13-5-6-13/h1-4,9,13-14H,5-8,10H2,(H,19,23)(H,20,21,22). The first-order valence-electron chi connectivity index (χ1n) is 8.17. The second kappa shape index (κ2) is 5.65. The summed E-state index contributed by atoms with van der Waals surface area (Å²) in [6.07, 6.45) is 4.63. The Morgan fingerprint density at radius 3 is 2.48 bits per heavy atom. The van der Waals surface area contributed by atoms with Crippen LogP contribution < -0.4 is 10.9 Å². The highest BCUT2D eigenvalue weighted by molar-refractivity contribution is 5.92. The molecule has 2 N–H and O–H groups in total. The molecule has 0 saturated heterocycles. The molecule has 0 bridgehead atoms. The molecule has 0 unspecified atom stereocenters. The number of carbonyl (C=O) groups is 1. The highest BCUT2D eigenvalue weighted by Crippen LogP contribution is 2.40. The van der Waals surface area contributed by atoms with E-state index in [1.54, 1.807) is 0 Å². The predicted octanol–water partition coefficient (Wildman–Crippen LogP) is 2.45. The third kappa shape index (κ3) is 3.33. The van der Waals surface area contributed by atoms with Gasteiger partial charge in [0, 0.05) is 18.5 Å². The summed E-state index contributed by atoms with van der Waals surface area (Å²) in [7, 11) is 0. The van der Waals surface area contributed by atoms with E-state index < -0.39 is 0 Å². The van der Waals surface area contributed by atoms with Crippen LogP contribution in [0.25, 0.3) is 0 Å². The largest absolute Gasteiger partial charge is 0.347 e. The number of amides is 1. The molecule has 2 aliphatic carbocycles. The molecule has 118 valence electrons. The molecule has 5 nitrogen and oxygen atoms in total. The molecular weight excluding hydrogens is 290 g/mol. The van der Waals surface area contributed by atoms with E-state index in [4.69, 9.17) is 0 Å². The molecule has 0 spiro atoms. The number of aromatic amines is 1. The maximum Gasteiger partial charge on any atom is 0.270 e. The number of nitrogens with zero attached hydrogens (tertiary/aromatic N) is 1.